The molecule has 0 bridgehead atoms. The predicted octanol–water partition coefficient (Wildman–Crippen LogP) is 4.47. The number of amides is 1. The second kappa shape index (κ2) is 7.29. The Morgan fingerprint density at radius 3 is 2.43 bits per heavy atom. The first-order valence-electron chi connectivity index (χ1n) is 8.20. The summed E-state index contributed by atoms with van der Waals surface area (Å²) in [5, 5.41) is 2.93. The fraction of sp³-hybridized carbons (Fsp3) is 0.278. The van der Waals surface area contributed by atoms with Crippen LogP contribution in [-0.4, -0.2) is 20.6 Å². The fourth-order valence-corrected chi connectivity index (χ4v) is 3.80. The minimum absolute atomic E-state index is 0.134. The van der Waals surface area contributed by atoms with E-state index in [0.29, 0.717) is 17.5 Å². The lowest BCUT2D eigenvalue weighted by atomic mass is 10.1. The molecule has 2 aromatic rings. The van der Waals surface area contributed by atoms with Crippen molar-refractivity contribution in [3.63, 3.8) is 0 Å². The van der Waals surface area contributed by atoms with Crippen LogP contribution < -0.4 is 10.0 Å². The van der Waals surface area contributed by atoms with E-state index in [4.69, 9.17) is 11.6 Å². The number of hydrogen-bond donors (Lipinski definition) is 2. The zero-order chi connectivity index (χ0) is 20.7. The Morgan fingerprint density at radius 1 is 1.14 bits per heavy atom. The quantitative estimate of drug-likeness (QED) is 0.731. The maximum Gasteiger partial charge on any atom is 0.416 e. The monoisotopic (exact) mass is 432 g/mol. The molecule has 5 nitrogen and oxygen atoms in total. The van der Waals surface area contributed by atoms with Crippen molar-refractivity contribution in [2.75, 3.05) is 16.3 Å². The van der Waals surface area contributed by atoms with Crippen LogP contribution in [0.15, 0.2) is 42.5 Å². The number of carbonyl (C=O) groups excluding carboxylic acids is 1. The first kappa shape index (κ1) is 20.5. The fourth-order valence-electron chi connectivity index (χ4n) is 2.94. The highest BCUT2D eigenvalue weighted by molar-refractivity contribution is 7.92. The molecule has 2 atom stereocenters. The van der Waals surface area contributed by atoms with Gasteiger partial charge in [-0.3, -0.25) is 9.52 Å². The van der Waals surface area contributed by atoms with Crippen molar-refractivity contribution in [2.45, 2.75) is 18.5 Å². The normalized spacial score (nSPS) is 19.2. The van der Waals surface area contributed by atoms with Gasteiger partial charge in [0.1, 0.15) is 0 Å². The van der Waals surface area contributed by atoms with E-state index >= 15 is 0 Å². The minimum atomic E-state index is -4.64. The zero-order valence-electron chi connectivity index (χ0n) is 14.5. The van der Waals surface area contributed by atoms with Gasteiger partial charge in [0.15, 0.2) is 0 Å². The number of alkyl halides is 3. The number of rotatable bonds is 5. The second-order valence-electron chi connectivity index (χ2n) is 6.59. The van der Waals surface area contributed by atoms with Crippen LogP contribution in [-0.2, 0) is 21.0 Å². The first-order chi connectivity index (χ1) is 13.0. The highest BCUT2D eigenvalue weighted by Crippen LogP contribution is 2.50. The van der Waals surface area contributed by atoms with Gasteiger partial charge in [-0.1, -0.05) is 29.8 Å². The van der Waals surface area contributed by atoms with E-state index in [0.717, 1.165) is 24.0 Å². The lowest BCUT2D eigenvalue weighted by molar-refractivity contribution is -0.137. The van der Waals surface area contributed by atoms with Crippen LogP contribution in [0.1, 0.15) is 23.5 Å². The van der Waals surface area contributed by atoms with Crippen LogP contribution in [0.25, 0.3) is 0 Å². The molecule has 2 N–H and O–H groups in total. The van der Waals surface area contributed by atoms with Crippen molar-refractivity contribution in [2.24, 2.45) is 5.92 Å². The number of halogens is 4. The molecule has 2 unspecified atom stereocenters. The van der Waals surface area contributed by atoms with E-state index < -0.39 is 33.6 Å². The van der Waals surface area contributed by atoms with E-state index in [2.05, 4.69) is 10.0 Å². The summed E-state index contributed by atoms with van der Waals surface area (Å²) >= 11 is 6.12. The van der Waals surface area contributed by atoms with Crippen molar-refractivity contribution in [1.29, 1.82) is 0 Å². The van der Waals surface area contributed by atoms with Crippen LogP contribution in [0, 0.1) is 5.92 Å². The van der Waals surface area contributed by atoms with Gasteiger partial charge in [-0.05, 0) is 42.2 Å². The van der Waals surface area contributed by atoms with Crippen LogP contribution in [0.5, 0.6) is 0 Å². The molecule has 1 aliphatic rings. The minimum Gasteiger partial charge on any atom is -0.324 e. The van der Waals surface area contributed by atoms with Gasteiger partial charge in [-0.2, -0.15) is 13.2 Å². The third-order valence-corrected chi connectivity index (χ3v) is 5.27. The molecule has 1 saturated carbocycles. The average molecular weight is 433 g/mol. The molecule has 28 heavy (non-hydrogen) atoms. The Hall–Kier alpha value is -2.26. The molecule has 1 fully saturated rings. The average Bonchev–Trinajstić information content (AvgIpc) is 3.35. The van der Waals surface area contributed by atoms with E-state index in [1.54, 1.807) is 24.3 Å². The molecule has 3 rings (SSSR count). The molecular formula is C18H16ClF3N2O3S. The molecule has 0 saturated heterocycles. The Kier molecular flexibility index (Phi) is 5.33. The highest BCUT2D eigenvalue weighted by Gasteiger charge is 2.45. The van der Waals surface area contributed by atoms with Crippen molar-refractivity contribution >= 4 is 38.9 Å². The SMILES string of the molecule is CS(=O)(=O)Nc1ccc(C(F)(F)F)cc1NC(=O)C1CC1c1ccccc1Cl. The van der Waals surface area contributed by atoms with E-state index in [-0.39, 0.29) is 17.3 Å². The summed E-state index contributed by atoms with van der Waals surface area (Å²) in [6.07, 6.45) is -3.27. The number of hydrogen-bond acceptors (Lipinski definition) is 3. The van der Waals surface area contributed by atoms with E-state index in [1.807, 2.05) is 0 Å². The van der Waals surface area contributed by atoms with Crippen LogP contribution in [0.3, 0.4) is 0 Å². The third kappa shape index (κ3) is 4.77. The van der Waals surface area contributed by atoms with Crippen molar-refractivity contribution in [3.8, 4) is 0 Å². The lowest BCUT2D eigenvalue weighted by Gasteiger charge is -2.15. The zero-order valence-corrected chi connectivity index (χ0v) is 16.1. The summed E-state index contributed by atoms with van der Waals surface area (Å²) in [5.74, 6) is -1.09. The Labute approximate surface area is 164 Å². The lowest BCUT2D eigenvalue weighted by Crippen LogP contribution is -2.18. The molecule has 0 aliphatic heterocycles. The molecule has 1 aliphatic carbocycles. The van der Waals surface area contributed by atoms with Gasteiger partial charge in [0.05, 0.1) is 23.2 Å². The molecule has 150 valence electrons. The summed E-state index contributed by atoms with van der Waals surface area (Å²) in [6, 6.07) is 9.46. The van der Waals surface area contributed by atoms with Gasteiger partial charge >= 0.3 is 6.18 Å². The largest absolute Gasteiger partial charge is 0.416 e. The Balaban J connectivity index is 1.84. The molecule has 1 amide bonds. The van der Waals surface area contributed by atoms with Gasteiger partial charge < -0.3 is 5.32 Å². The molecular weight excluding hydrogens is 417 g/mol. The first-order valence-corrected chi connectivity index (χ1v) is 10.5. The second-order valence-corrected chi connectivity index (χ2v) is 8.75. The summed E-state index contributed by atoms with van der Waals surface area (Å²) in [6.45, 7) is 0. The Bertz CT molecular complexity index is 1020. The topological polar surface area (TPSA) is 75.3 Å². The van der Waals surface area contributed by atoms with Crippen molar-refractivity contribution < 1.29 is 26.4 Å². The molecule has 0 aromatic heterocycles. The van der Waals surface area contributed by atoms with Crippen LogP contribution >= 0.6 is 11.6 Å². The summed E-state index contributed by atoms with van der Waals surface area (Å²) in [7, 11) is -3.75. The van der Waals surface area contributed by atoms with Crippen LogP contribution in [0.4, 0.5) is 24.5 Å². The highest BCUT2D eigenvalue weighted by atomic mass is 35.5. The standard InChI is InChI=1S/C18H16ClF3N2O3S/c1-28(26,27)24-15-7-6-10(18(20,21)22)8-16(15)23-17(25)13-9-12(13)11-4-2-3-5-14(11)19/h2-8,12-13,24H,9H2,1H3,(H,23,25). The maximum absolute atomic E-state index is 13.0. The molecule has 0 spiro atoms. The maximum atomic E-state index is 13.0. The smallest absolute Gasteiger partial charge is 0.324 e. The molecule has 0 radical (unpaired) electrons. The Morgan fingerprint density at radius 2 is 1.82 bits per heavy atom. The van der Waals surface area contributed by atoms with Crippen molar-refractivity contribution in [3.05, 3.63) is 58.6 Å². The summed E-state index contributed by atoms with van der Waals surface area (Å²) in [5.41, 5.74) is -0.600. The number of carbonyl (C=O) groups is 1. The molecule has 10 heteroatoms. The molecule has 0 heterocycles. The number of benzene rings is 2. The summed E-state index contributed by atoms with van der Waals surface area (Å²) in [4.78, 5) is 12.5. The number of anilines is 2. The van der Waals surface area contributed by atoms with Gasteiger partial charge in [0.2, 0.25) is 15.9 Å². The predicted molar refractivity (Wildman–Crippen MR) is 101 cm³/mol. The summed E-state index contributed by atoms with van der Waals surface area (Å²) < 4.78 is 64.1. The number of nitrogens with one attached hydrogen (secondary N) is 2. The van der Waals surface area contributed by atoms with E-state index in [9.17, 15) is 26.4 Å². The van der Waals surface area contributed by atoms with E-state index in [1.165, 1.54) is 0 Å². The molecule has 2 aromatic carbocycles. The van der Waals surface area contributed by atoms with Crippen LogP contribution in [0.2, 0.25) is 5.02 Å². The van der Waals surface area contributed by atoms with Gasteiger partial charge in [0, 0.05) is 10.9 Å². The van der Waals surface area contributed by atoms with Gasteiger partial charge in [-0.15, -0.1) is 0 Å². The third-order valence-electron chi connectivity index (χ3n) is 4.33. The van der Waals surface area contributed by atoms with Crippen molar-refractivity contribution in [1.82, 2.24) is 0 Å². The van der Waals surface area contributed by atoms with Gasteiger partial charge in [0.25, 0.3) is 0 Å². The number of sulfonamides is 1. The van der Waals surface area contributed by atoms with Gasteiger partial charge in [-0.25, -0.2) is 8.42 Å².